The molecule has 0 atom stereocenters. The molecule has 36 heavy (non-hydrogen) atoms. The van der Waals surface area contributed by atoms with E-state index in [2.05, 4.69) is 10.3 Å². The van der Waals surface area contributed by atoms with Crippen LogP contribution in [0.4, 0.5) is 11.6 Å². The molecule has 0 unspecified atom stereocenters. The molecule has 4 rings (SSSR count). The molecular formula is C26H29N5O5. The predicted molar refractivity (Wildman–Crippen MR) is 137 cm³/mol. The highest BCUT2D eigenvalue weighted by Gasteiger charge is 2.15. The first kappa shape index (κ1) is 24.8. The van der Waals surface area contributed by atoms with Crippen LogP contribution < -0.4 is 19.5 Å². The van der Waals surface area contributed by atoms with Crippen LogP contribution >= 0.6 is 0 Å². The van der Waals surface area contributed by atoms with E-state index in [-0.39, 0.29) is 5.91 Å². The third kappa shape index (κ3) is 5.49. The van der Waals surface area contributed by atoms with Crippen LogP contribution in [0.15, 0.2) is 54.7 Å². The number of anilines is 2. The van der Waals surface area contributed by atoms with Crippen molar-refractivity contribution in [2.75, 3.05) is 46.8 Å². The van der Waals surface area contributed by atoms with Crippen LogP contribution in [0.5, 0.6) is 23.0 Å². The zero-order valence-corrected chi connectivity index (χ0v) is 20.9. The lowest BCUT2D eigenvalue weighted by Gasteiger charge is -2.16. The Morgan fingerprint density at radius 2 is 1.69 bits per heavy atom. The molecule has 2 aromatic carbocycles. The van der Waals surface area contributed by atoms with Crippen molar-refractivity contribution < 1.29 is 23.7 Å². The number of fused-ring (bicyclic) bond motifs is 1. The first-order valence-corrected chi connectivity index (χ1v) is 11.3. The van der Waals surface area contributed by atoms with Crippen LogP contribution in [0, 0.1) is 0 Å². The van der Waals surface area contributed by atoms with Crippen molar-refractivity contribution in [1.82, 2.24) is 19.4 Å². The topological polar surface area (TPSA) is 100.0 Å². The van der Waals surface area contributed by atoms with Crippen LogP contribution in [0.2, 0.25) is 0 Å². The number of benzene rings is 2. The maximum absolute atomic E-state index is 12.6. The largest absolute Gasteiger partial charge is 0.497 e. The van der Waals surface area contributed by atoms with E-state index >= 15 is 0 Å². The molecule has 0 aliphatic rings. The number of methoxy groups -OCH3 is 3. The van der Waals surface area contributed by atoms with Gasteiger partial charge in [0.25, 0.3) is 5.91 Å². The van der Waals surface area contributed by atoms with Gasteiger partial charge in [0, 0.05) is 70.0 Å². The highest BCUT2D eigenvalue weighted by molar-refractivity contribution is 5.92. The van der Waals surface area contributed by atoms with Gasteiger partial charge in [0.15, 0.2) is 0 Å². The van der Waals surface area contributed by atoms with Crippen molar-refractivity contribution in [2.45, 2.75) is 0 Å². The molecule has 0 saturated carbocycles. The number of hydrogen-bond acceptors (Lipinski definition) is 8. The van der Waals surface area contributed by atoms with Gasteiger partial charge in [-0.2, -0.15) is 0 Å². The lowest BCUT2D eigenvalue weighted by Crippen LogP contribution is -2.30. The fraction of sp³-hybridized carbons (Fsp3) is 0.269. The van der Waals surface area contributed by atoms with E-state index in [1.165, 1.54) is 0 Å². The molecule has 4 aromatic rings. The summed E-state index contributed by atoms with van der Waals surface area (Å²) in [6.07, 6.45) is 1.55. The molecular weight excluding hydrogens is 462 g/mol. The summed E-state index contributed by atoms with van der Waals surface area (Å²) < 4.78 is 23.7. The van der Waals surface area contributed by atoms with E-state index in [1.54, 1.807) is 57.7 Å². The summed E-state index contributed by atoms with van der Waals surface area (Å²) in [6, 6.07) is 14.5. The first-order chi connectivity index (χ1) is 17.4. The number of nitrogens with zero attached hydrogens (tertiary/aromatic N) is 4. The average molecular weight is 492 g/mol. The maximum Gasteiger partial charge on any atom is 0.272 e. The van der Waals surface area contributed by atoms with Gasteiger partial charge in [-0.15, -0.1) is 0 Å². The lowest BCUT2D eigenvalue weighted by atomic mass is 10.3. The van der Waals surface area contributed by atoms with Crippen LogP contribution in [0.3, 0.4) is 0 Å². The molecule has 1 N–H and O–H groups in total. The van der Waals surface area contributed by atoms with E-state index in [1.807, 2.05) is 41.9 Å². The average Bonchev–Trinajstić information content (AvgIpc) is 3.20. The van der Waals surface area contributed by atoms with Crippen LogP contribution in [0.25, 0.3) is 11.0 Å². The fourth-order valence-electron chi connectivity index (χ4n) is 3.62. The van der Waals surface area contributed by atoms with Gasteiger partial charge in [-0.25, -0.2) is 4.98 Å². The highest BCUT2D eigenvalue weighted by atomic mass is 16.5. The standard InChI is InChI=1S/C26H29N5O5/c1-30(10-11-33-3)25(32)23-16-19(8-9-27-23)36-18-6-7-24-22(15-18)29-26(31(24)2)28-17-12-20(34-4)14-21(13-17)35-5/h6-9,12-16H,10-11H2,1-5H3,(H,28,29). The number of amides is 1. The van der Waals surface area contributed by atoms with Crippen LogP contribution in [-0.4, -0.2) is 66.9 Å². The van der Waals surface area contributed by atoms with Crippen molar-refractivity contribution in [3.05, 3.63) is 60.4 Å². The Kier molecular flexibility index (Phi) is 7.55. The third-order valence-electron chi connectivity index (χ3n) is 5.62. The zero-order chi connectivity index (χ0) is 25.7. The van der Waals surface area contributed by atoms with Gasteiger partial charge in [-0.1, -0.05) is 0 Å². The minimum absolute atomic E-state index is 0.206. The minimum Gasteiger partial charge on any atom is -0.497 e. The van der Waals surface area contributed by atoms with Crippen molar-refractivity contribution >= 4 is 28.6 Å². The number of likely N-dealkylation sites (N-methyl/N-ethyl adjacent to an activating group) is 1. The maximum atomic E-state index is 12.6. The first-order valence-electron chi connectivity index (χ1n) is 11.3. The van der Waals surface area contributed by atoms with Crippen LogP contribution in [-0.2, 0) is 11.8 Å². The molecule has 10 heteroatoms. The van der Waals surface area contributed by atoms with Gasteiger partial charge in [-0.3, -0.25) is 9.78 Å². The number of carbonyl (C=O) groups excluding carboxylic acids is 1. The molecule has 0 spiro atoms. The molecule has 0 aliphatic heterocycles. The Bertz CT molecular complexity index is 1350. The van der Waals surface area contributed by atoms with Gasteiger partial charge >= 0.3 is 0 Å². The molecule has 188 valence electrons. The van der Waals surface area contributed by atoms with Gasteiger partial charge in [0.1, 0.15) is 28.7 Å². The van der Waals surface area contributed by atoms with Crippen molar-refractivity contribution in [1.29, 1.82) is 0 Å². The number of carbonyl (C=O) groups is 1. The van der Waals surface area contributed by atoms with Gasteiger partial charge in [0.05, 0.1) is 31.9 Å². The van der Waals surface area contributed by atoms with E-state index in [4.69, 9.17) is 23.9 Å². The molecule has 2 heterocycles. The molecule has 2 aromatic heterocycles. The number of ether oxygens (including phenoxy) is 4. The number of pyridine rings is 1. The van der Waals surface area contributed by atoms with E-state index in [0.29, 0.717) is 47.8 Å². The monoisotopic (exact) mass is 491 g/mol. The summed E-state index contributed by atoms with van der Waals surface area (Å²) in [5, 5.41) is 3.32. The zero-order valence-electron chi connectivity index (χ0n) is 20.9. The normalized spacial score (nSPS) is 10.8. The summed E-state index contributed by atoms with van der Waals surface area (Å²) in [4.78, 5) is 23.1. The summed E-state index contributed by atoms with van der Waals surface area (Å²) in [6.45, 7) is 0.919. The van der Waals surface area contributed by atoms with Crippen molar-refractivity contribution in [2.24, 2.45) is 7.05 Å². The van der Waals surface area contributed by atoms with Gasteiger partial charge in [-0.05, 0) is 18.2 Å². The lowest BCUT2D eigenvalue weighted by molar-refractivity contribution is 0.0738. The number of aryl methyl sites for hydroxylation is 1. The predicted octanol–water partition coefficient (Wildman–Crippen LogP) is 4.24. The molecule has 0 radical (unpaired) electrons. The van der Waals surface area contributed by atoms with Gasteiger partial charge in [0.2, 0.25) is 5.95 Å². The molecule has 0 saturated heterocycles. The third-order valence-corrected chi connectivity index (χ3v) is 5.62. The second kappa shape index (κ2) is 11.0. The van der Waals surface area contributed by atoms with E-state index in [0.717, 1.165) is 16.7 Å². The van der Waals surface area contributed by atoms with Gasteiger partial charge < -0.3 is 33.7 Å². The Morgan fingerprint density at radius 3 is 2.39 bits per heavy atom. The van der Waals surface area contributed by atoms with Crippen molar-refractivity contribution in [3.8, 4) is 23.0 Å². The highest BCUT2D eigenvalue weighted by Crippen LogP contribution is 2.31. The SMILES string of the molecule is COCCN(C)C(=O)c1cc(Oc2ccc3c(c2)nc(Nc2cc(OC)cc(OC)c2)n3C)ccn1. The number of rotatable bonds is 10. The molecule has 1 amide bonds. The summed E-state index contributed by atoms with van der Waals surface area (Å²) in [5.74, 6) is 2.88. The molecule has 0 aliphatic carbocycles. The smallest absolute Gasteiger partial charge is 0.272 e. The summed E-state index contributed by atoms with van der Waals surface area (Å²) in [5.41, 5.74) is 2.75. The number of nitrogens with one attached hydrogen (secondary N) is 1. The Morgan fingerprint density at radius 1 is 0.972 bits per heavy atom. The van der Waals surface area contributed by atoms with E-state index < -0.39 is 0 Å². The Labute approximate surface area is 209 Å². The summed E-state index contributed by atoms with van der Waals surface area (Å²) in [7, 11) is 8.45. The molecule has 10 nitrogen and oxygen atoms in total. The quantitative estimate of drug-likeness (QED) is 0.352. The second-order valence-corrected chi connectivity index (χ2v) is 8.07. The second-order valence-electron chi connectivity index (χ2n) is 8.07. The number of imidazole rings is 1. The fourth-order valence-corrected chi connectivity index (χ4v) is 3.62. The summed E-state index contributed by atoms with van der Waals surface area (Å²) >= 11 is 0. The minimum atomic E-state index is -0.206. The van der Waals surface area contributed by atoms with E-state index in [9.17, 15) is 4.79 Å². The Balaban J connectivity index is 1.54. The molecule has 0 fully saturated rings. The Hall–Kier alpha value is -4.31. The van der Waals surface area contributed by atoms with Crippen molar-refractivity contribution in [3.63, 3.8) is 0 Å². The number of hydrogen-bond donors (Lipinski definition) is 1. The van der Waals surface area contributed by atoms with Crippen LogP contribution in [0.1, 0.15) is 10.5 Å². The molecule has 0 bridgehead atoms. The number of aromatic nitrogens is 3.